The molecular formula is C24H32N4O5S. The summed E-state index contributed by atoms with van der Waals surface area (Å²) in [4.78, 5) is 25.3. The Hall–Kier alpha value is -2.95. The highest BCUT2D eigenvalue weighted by molar-refractivity contribution is 7.89. The normalized spacial score (nSPS) is 19.9. The van der Waals surface area contributed by atoms with Crippen LogP contribution in [-0.4, -0.2) is 56.0 Å². The second-order valence-corrected chi connectivity index (χ2v) is 10.7. The maximum atomic E-state index is 13.0. The fourth-order valence-electron chi connectivity index (χ4n) is 3.77. The summed E-state index contributed by atoms with van der Waals surface area (Å²) in [5.74, 6) is -0.573. The molecule has 2 aromatic rings. The lowest BCUT2D eigenvalue weighted by Gasteiger charge is -2.34. The highest BCUT2D eigenvalue weighted by Gasteiger charge is 2.32. The van der Waals surface area contributed by atoms with E-state index in [2.05, 4.69) is 16.0 Å². The number of rotatable bonds is 7. The molecule has 1 heterocycles. The number of nitrogens with zero attached hydrogens (tertiary/aromatic N) is 1. The number of benzene rings is 2. The predicted octanol–water partition coefficient (Wildman–Crippen LogP) is 3.27. The number of ether oxygens (including phenoxy) is 1. The van der Waals surface area contributed by atoms with Gasteiger partial charge >= 0.3 is 6.03 Å². The van der Waals surface area contributed by atoms with Gasteiger partial charge in [-0.05, 0) is 56.2 Å². The van der Waals surface area contributed by atoms with Gasteiger partial charge in [0.05, 0.1) is 17.1 Å². The number of para-hydroxylation sites is 1. The van der Waals surface area contributed by atoms with E-state index >= 15 is 0 Å². The van der Waals surface area contributed by atoms with Crippen LogP contribution in [-0.2, 0) is 19.6 Å². The van der Waals surface area contributed by atoms with Gasteiger partial charge in [0.25, 0.3) is 0 Å². The zero-order chi connectivity index (χ0) is 24.9. The van der Waals surface area contributed by atoms with Crippen molar-refractivity contribution in [1.29, 1.82) is 0 Å². The molecule has 9 nitrogen and oxygen atoms in total. The topological polar surface area (TPSA) is 117 Å². The largest absolute Gasteiger partial charge is 0.373 e. The van der Waals surface area contributed by atoms with Crippen molar-refractivity contribution in [3.63, 3.8) is 0 Å². The molecule has 184 valence electrons. The van der Waals surface area contributed by atoms with Gasteiger partial charge in [-0.1, -0.05) is 32.0 Å². The molecule has 1 aliphatic rings. The molecule has 3 rings (SSSR count). The fourth-order valence-corrected chi connectivity index (χ4v) is 5.36. The van der Waals surface area contributed by atoms with E-state index in [1.54, 1.807) is 36.4 Å². The van der Waals surface area contributed by atoms with Crippen LogP contribution in [0.25, 0.3) is 0 Å². The number of sulfonamides is 1. The van der Waals surface area contributed by atoms with Crippen molar-refractivity contribution in [3.05, 3.63) is 54.6 Å². The van der Waals surface area contributed by atoms with Gasteiger partial charge in [0.15, 0.2) is 0 Å². The van der Waals surface area contributed by atoms with Crippen molar-refractivity contribution in [2.24, 2.45) is 5.92 Å². The average Bonchev–Trinajstić information content (AvgIpc) is 2.77. The van der Waals surface area contributed by atoms with Crippen molar-refractivity contribution in [2.45, 2.75) is 50.8 Å². The van der Waals surface area contributed by atoms with Crippen molar-refractivity contribution in [1.82, 2.24) is 9.62 Å². The number of carbonyl (C=O) groups excluding carboxylic acids is 2. The molecule has 0 aliphatic carbocycles. The average molecular weight is 489 g/mol. The van der Waals surface area contributed by atoms with E-state index in [9.17, 15) is 18.0 Å². The lowest BCUT2D eigenvalue weighted by molar-refractivity contribution is -0.118. The molecule has 0 spiro atoms. The van der Waals surface area contributed by atoms with E-state index in [0.717, 1.165) is 0 Å². The minimum atomic E-state index is -3.67. The van der Waals surface area contributed by atoms with Crippen molar-refractivity contribution < 1.29 is 22.7 Å². The molecule has 34 heavy (non-hydrogen) atoms. The molecule has 0 bridgehead atoms. The lowest BCUT2D eigenvalue weighted by atomic mass is 10.0. The Labute approximate surface area is 200 Å². The quantitative estimate of drug-likeness (QED) is 0.553. The number of nitrogens with one attached hydrogen (secondary N) is 3. The van der Waals surface area contributed by atoms with Gasteiger partial charge in [0.2, 0.25) is 15.9 Å². The summed E-state index contributed by atoms with van der Waals surface area (Å²) in [5.41, 5.74) is 1.05. The van der Waals surface area contributed by atoms with Crippen molar-refractivity contribution in [3.8, 4) is 0 Å². The van der Waals surface area contributed by atoms with Gasteiger partial charge < -0.3 is 20.7 Å². The third-order valence-electron chi connectivity index (χ3n) is 5.41. The van der Waals surface area contributed by atoms with Crippen LogP contribution in [0.1, 0.15) is 27.7 Å². The molecule has 0 saturated carbocycles. The van der Waals surface area contributed by atoms with E-state index in [1.165, 1.54) is 16.4 Å². The molecule has 3 atom stereocenters. The maximum Gasteiger partial charge on any atom is 0.319 e. The molecule has 10 heteroatoms. The van der Waals surface area contributed by atoms with Crippen molar-refractivity contribution >= 4 is 33.3 Å². The number of carbonyl (C=O) groups is 2. The number of urea groups is 1. The molecule has 2 aromatic carbocycles. The highest BCUT2D eigenvalue weighted by atomic mass is 32.2. The molecule has 3 N–H and O–H groups in total. The monoisotopic (exact) mass is 488 g/mol. The molecule has 3 amide bonds. The summed E-state index contributed by atoms with van der Waals surface area (Å²) in [5, 5.41) is 8.15. The Balaban J connectivity index is 1.64. The minimum Gasteiger partial charge on any atom is -0.373 e. The third kappa shape index (κ3) is 6.55. The first-order chi connectivity index (χ1) is 16.1. The molecular weight excluding hydrogens is 456 g/mol. The number of hydrogen-bond acceptors (Lipinski definition) is 5. The summed E-state index contributed by atoms with van der Waals surface area (Å²) in [6.45, 7) is 7.92. The number of hydrogen-bond donors (Lipinski definition) is 3. The Morgan fingerprint density at radius 2 is 1.47 bits per heavy atom. The standard InChI is InChI=1S/C24H32N4O5S/c1-16(2)22(27-24(30)26-19-8-6-5-7-9-19)23(29)25-20-10-12-21(13-11-20)34(31,32)28-14-17(3)33-18(4)15-28/h5-13,16-18,22H,14-15H2,1-4H3,(H,25,29)(H2,26,27,30)/t17-,18-,22+/m1/s1. The number of morpholine rings is 1. The van der Waals surface area contributed by atoms with E-state index in [0.29, 0.717) is 11.4 Å². The first kappa shape index (κ1) is 25.7. The summed E-state index contributed by atoms with van der Waals surface area (Å²) in [7, 11) is -3.67. The molecule has 0 unspecified atom stereocenters. The van der Waals surface area contributed by atoms with E-state index in [4.69, 9.17) is 4.74 Å². The van der Waals surface area contributed by atoms with Crippen molar-refractivity contribution in [2.75, 3.05) is 23.7 Å². The van der Waals surface area contributed by atoms with Gasteiger partial charge in [-0.25, -0.2) is 13.2 Å². The molecule has 1 aliphatic heterocycles. The second kappa shape index (κ2) is 11.0. The smallest absolute Gasteiger partial charge is 0.319 e. The lowest BCUT2D eigenvalue weighted by Crippen LogP contribution is -2.48. The molecule has 0 aromatic heterocycles. The zero-order valence-electron chi connectivity index (χ0n) is 19.8. The summed E-state index contributed by atoms with van der Waals surface area (Å²) in [6.07, 6.45) is -0.367. The predicted molar refractivity (Wildman–Crippen MR) is 131 cm³/mol. The maximum absolute atomic E-state index is 13.0. The van der Waals surface area contributed by atoms with Crippen LogP contribution >= 0.6 is 0 Å². The summed E-state index contributed by atoms with van der Waals surface area (Å²) < 4.78 is 33.1. The van der Waals surface area contributed by atoms with Crippen LogP contribution < -0.4 is 16.0 Å². The first-order valence-electron chi connectivity index (χ1n) is 11.3. The molecule has 1 saturated heterocycles. The van der Waals surface area contributed by atoms with Crippen LogP contribution in [0.2, 0.25) is 0 Å². The van der Waals surface area contributed by atoms with E-state index in [1.807, 2.05) is 33.8 Å². The van der Waals surface area contributed by atoms with Crippen LogP contribution in [0.5, 0.6) is 0 Å². The zero-order valence-corrected chi connectivity index (χ0v) is 20.6. The van der Waals surface area contributed by atoms with Gasteiger partial charge in [0.1, 0.15) is 6.04 Å². The molecule has 0 radical (unpaired) electrons. The van der Waals surface area contributed by atoms with Crippen LogP contribution in [0, 0.1) is 5.92 Å². The van der Waals surface area contributed by atoms with Gasteiger partial charge in [-0.15, -0.1) is 0 Å². The SMILES string of the molecule is CC(C)[C@H](NC(=O)Nc1ccccc1)C(=O)Nc1ccc(S(=O)(=O)N2C[C@@H](C)O[C@H](C)C2)cc1. The van der Waals surface area contributed by atoms with E-state index in [-0.39, 0.29) is 36.1 Å². The van der Waals surface area contributed by atoms with E-state index < -0.39 is 28.0 Å². The number of anilines is 2. The van der Waals surface area contributed by atoms with Crippen LogP contribution in [0.15, 0.2) is 59.5 Å². The Morgan fingerprint density at radius 3 is 2.03 bits per heavy atom. The summed E-state index contributed by atoms with van der Waals surface area (Å²) in [6, 6.07) is 13.7. The Morgan fingerprint density at radius 1 is 0.912 bits per heavy atom. The molecule has 1 fully saturated rings. The Kier molecular flexibility index (Phi) is 8.29. The number of amides is 3. The second-order valence-electron chi connectivity index (χ2n) is 8.78. The van der Waals surface area contributed by atoms with Gasteiger partial charge in [-0.2, -0.15) is 4.31 Å². The Bertz CT molecular complexity index is 1080. The van der Waals surface area contributed by atoms with Gasteiger partial charge in [-0.3, -0.25) is 4.79 Å². The third-order valence-corrected chi connectivity index (χ3v) is 7.26. The van der Waals surface area contributed by atoms with Crippen LogP contribution in [0.3, 0.4) is 0 Å². The first-order valence-corrected chi connectivity index (χ1v) is 12.7. The fraction of sp³-hybridized carbons (Fsp3) is 0.417. The highest BCUT2D eigenvalue weighted by Crippen LogP contribution is 2.22. The van der Waals surface area contributed by atoms with Crippen LogP contribution in [0.4, 0.5) is 16.2 Å². The summed E-state index contributed by atoms with van der Waals surface area (Å²) >= 11 is 0. The van der Waals surface area contributed by atoms with Gasteiger partial charge in [0, 0.05) is 24.5 Å². The minimum absolute atomic E-state index is 0.146.